The van der Waals surface area contributed by atoms with Crippen LogP contribution in [-0.2, 0) is 26.0 Å². The van der Waals surface area contributed by atoms with Crippen LogP contribution in [0.3, 0.4) is 0 Å². The van der Waals surface area contributed by atoms with Gasteiger partial charge in [-0.2, -0.15) is 13.8 Å². The molecular formula is C35H37N2NiO2-. The van der Waals surface area contributed by atoms with E-state index in [0.717, 1.165) is 22.8 Å². The van der Waals surface area contributed by atoms with Crippen molar-refractivity contribution in [3.63, 3.8) is 0 Å². The van der Waals surface area contributed by atoms with Crippen molar-refractivity contribution < 1.29 is 26.0 Å². The van der Waals surface area contributed by atoms with Gasteiger partial charge >= 0.3 is 0 Å². The smallest absolute Gasteiger partial charge is 0.168 e. The zero-order valence-electron chi connectivity index (χ0n) is 24.8. The van der Waals surface area contributed by atoms with Crippen LogP contribution in [-0.4, -0.2) is 24.5 Å². The van der Waals surface area contributed by atoms with Gasteiger partial charge in [0.25, 0.3) is 0 Å². The molecule has 0 saturated carbocycles. The van der Waals surface area contributed by atoms with E-state index in [1.807, 2.05) is 0 Å². The van der Waals surface area contributed by atoms with Gasteiger partial charge in [-0.15, -0.1) is 0 Å². The number of ether oxygens (including phenoxy) is 1. The Hall–Kier alpha value is -3.69. The number of hydrogen-bond acceptors (Lipinski definition) is 4. The van der Waals surface area contributed by atoms with Gasteiger partial charge in [0.1, 0.15) is 0 Å². The Labute approximate surface area is 248 Å². The van der Waals surface area contributed by atoms with Crippen LogP contribution >= 0.6 is 0 Å². The van der Waals surface area contributed by atoms with Crippen molar-refractivity contribution in [2.75, 3.05) is 7.11 Å². The maximum atomic E-state index is 10.3. The third-order valence-corrected chi connectivity index (χ3v) is 6.95. The predicted molar refractivity (Wildman–Crippen MR) is 164 cm³/mol. The molecule has 1 aliphatic carbocycles. The molecule has 0 aliphatic heterocycles. The second-order valence-electron chi connectivity index (χ2n) is 10.6. The summed E-state index contributed by atoms with van der Waals surface area (Å²) in [5.74, 6) is 0.447. The number of carbonyl (C=O) groups is 1. The monoisotopic (exact) mass is 575 g/mol. The topological polar surface area (TPSA) is 51.0 Å². The van der Waals surface area contributed by atoms with E-state index in [0.29, 0.717) is 5.92 Å². The van der Waals surface area contributed by atoms with Crippen LogP contribution < -0.4 is 0 Å². The van der Waals surface area contributed by atoms with Gasteiger partial charge in [-0.1, -0.05) is 71.8 Å². The Balaban J connectivity index is 0.000000492. The molecule has 0 atom stereocenters. The molecule has 1 aliphatic rings. The third-order valence-electron chi connectivity index (χ3n) is 6.95. The number of hydrogen-bond donors (Lipinski definition) is 0. The number of aliphatic imine (C=N–C) groups is 2. The number of carbonyl (C=O) groups excluding carboxylic acids is 1. The number of nitrogens with zero attached hydrogens (tertiary/aromatic N) is 2. The van der Waals surface area contributed by atoms with Crippen LogP contribution in [0.25, 0.3) is 10.8 Å². The van der Waals surface area contributed by atoms with Crippen LogP contribution in [0.2, 0.25) is 0 Å². The molecule has 0 aromatic heterocycles. The average molecular weight is 576 g/mol. The van der Waals surface area contributed by atoms with Crippen LogP contribution in [0.1, 0.15) is 58.4 Å². The van der Waals surface area contributed by atoms with E-state index >= 15 is 0 Å². The second-order valence-corrected chi connectivity index (χ2v) is 10.6. The van der Waals surface area contributed by atoms with Crippen LogP contribution in [0.4, 0.5) is 11.4 Å². The minimum absolute atomic E-state index is 0. The molecule has 5 heteroatoms. The van der Waals surface area contributed by atoms with Crippen LogP contribution in [0, 0.1) is 47.5 Å². The van der Waals surface area contributed by atoms with Crippen LogP contribution in [0.15, 0.2) is 70.6 Å². The Morgan fingerprint density at radius 1 is 0.675 bits per heavy atom. The first-order chi connectivity index (χ1) is 18.5. The van der Waals surface area contributed by atoms with Crippen molar-refractivity contribution in [1.82, 2.24) is 0 Å². The van der Waals surface area contributed by atoms with E-state index in [2.05, 4.69) is 107 Å². The van der Waals surface area contributed by atoms with E-state index in [1.54, 1.807) is 13.8 Å². The molecule has 4 aromatic rings. The quantitative estimate of drug-likeness (QED) is 0.139. The molecule has 0 heterocycles. The molecule has 0 amide bonds. The first kappa shape index (κ1) is 30.8. The molecule has 4 aromatic carbocycles. The fraction of sp³-hybridized carbons (Fsp3) is 0.257. The number of methoxy groups -OCH3 is 1. The molecule has 0 saturated heterocycles. The largest absolute Gasteiger partial charge is 0.491 e. The van der Waals surface area contributed by atoms with E-state index in [1.165, 1.54) is 62.4 Å². The normalized spacial score (nSPS) is 13.6. The van der Waals surface area contributed by atoms with E-state index in [-0.39, 0.29) is 22.5 Å². The Morgan fingerprint density at radius 2 is 1.05 bits per heavy atom. The summed E-state index contributed by atoms with van der Waals surface area (Å²) in [6, 6.07) is 21.8. The first-order valence-corrected chi connectivity index (χ1v) is 13.3. The summed E-state index contributed by atoms with van der Waals surface area (Å²) in [7, 11) is 1.37. The molecule has 40 heavy (non-hydrogen) atoms. The van der Waals surface area contributed by atoms with Crippen molar-refractivity contribution in [2.24, 2.45) is 9.98 Å². The SMILES string of the molecule is COC(=O)[C-](C)C.Cc1cc(C)c(N=C2C(=Nc3c(C)cc(C)cc3C)c3cccc4cccc2c34)c(C)c1.[Ni]. The van der Waals surface area contributed by atoms with E-state index in [9.17, 15) is 4.79 Å². The second kappa shape index (κ2) is 12.7. The van der Waals surface area contributed by atoms with Crippen molar-refractivity contribution in [3.8, 4) is 0 Å². The van der Waals surface area contributed by atoms with Gasteiger partial charge in [0.2, 0.25) is 0 Å². The van der Waals surface area contributed by atoms with Crippen molar-refractivity contribution in [1.29, 1.82) is 0 Å². The summed E-state index contributed by atoms with van der Waals surface area (Å²) in [5.41, 5.74) is 13.7. The van der Waals surface area contributed by atoms with Crippen molar-refractivity contribution >= 4 is 39.5 Å². The number of esters is 1. The molecule has 0 fully saturated rings. The summed E-state index contributed by atoms with van der Waals surface area (Å²) in [4.78, 5) is 20.8. The zero-order valence-corrected chi connectivity index (χ0v) is 25.8. The van der Waals surface area contributed by atoms with Crippen LogP contribution in [0.5, 0.6) is 0 Å². The minimum atomic E-state index is -0.236. The van der Waals surface area contributed by atoms with Crippen molar-refractivity contribution in [2.45, 2.75) is 55.4 Å². The molecule has 0 N–H and O–H groups in total. The molecule has 0 unspecified atom stereocenters. The maximum absolute atomic E-state index is 10.3. The van der Waals surface area contributed by atoms with Crippen molar-refractivity contribution in [3.05, 3.63) is 111 Å². The molecule has 210 valence electrons. The number of aryl methyl sites for hydroxylation is 6. The Kier molecular flexibility index (Phi) is 9.76. The molecule has 4 nitrogen and oxygen atoms in total. The zero-order chi connectivity index (χ0) is 28.4. The van der Waals surface area contributed by atoms with Gasteiger partial charge < -0.3 is 4.74 Å². The minimum Gasteiger partial charge on any atom is -0.491 e. The average Bonchev–Trinajstić information content (AvgIpc) is 3.17. The Morgan fingerprint density at radius 3 is 1.35 bits per heavy atom. The summed E-state index contributed by atoms with van der Waals surface area (Å²) < 4.78 is 4.34. The standard InChI is InChI=1S/C30H28N2.C5H9O2.Ni/c1-17-13-19(3)27(20(4)14-17)31-29-24-11-7-9-23-10-8-12-25(26(23)24)30(29)32-28-21(5)15-18(2)16-22(28)6;1-4(2)5(6)7-3;/h7-16H,1-6H3;1-3H3;/q;-1;. The maximum Gasteiger partial charge on any atom is 0.168 e. The summed E-state index contributed by atoms with van der Waals surface area (Å²) >= 11 is 0. The number of benzene rings is 4. The molecular weight excluding hydrogens is 539 g/mol. The van der Waals surface area contributed by atoms with E-state index < -0.39 is 0 Å². The third kappa shape index (κ3) is 6.21. The predicted octanol–water partition coefficient (Wildman–Crippen LogP) is 8.72. The fourth-order valence-corrected chi connectivity index (χ4v) is 5.34. The fourth-order valence-electron chi connectivity index (χ4n) is 5.34. The van der Waals surface area contributed by atoms with E-state index in [4.69, 9.17) is 9.98 Å². The van der Waals surface area contributed by atoms with Gasteiger partial charge in [0, 0.05) is 33.0 Å². The number of rotatable bonds is 3. The van der Waals surface area contributed by atoms with Gasteiger partial charge in [-0.05, 0) is 69.2 Å². The molecule has 0 radical (unpaired) electrons. The molecule has 0 bridgehead atoms. The Bertz CT molecular complexity index is 1490. The molecule has 5 rings (SSSR count). The summed E-state index contributed by atoms with van der Waals surface area (Å²) in [5, 5.41) is 2.48. The van der Waals surface area contributed by atoms with Gasteiger partial charge in [-0.3, -0.25) is 10.7 Å². The summed E-state index contributed by atoms with van der Waals surface area (Å²) in [6.07, 6.45) is 0. The summed E-state index contributed by atoms with van der Waals surface area (Å²) in [6.45, 7) is 16.3. The van der Waals surface area contributed by atoms with Gasteiger partial charge in [0.05, 0.1) is 29.9 Å². The first-order valence-electron chi connectivity index (χ1n) is 13.3. The van der Waals surface area contributed by atoms with Gasteiger partial charge in [0.15, 0.2) is 5.97 Å². The molecule has 0 spiro atoms. The van der Waals surface area contributed by atoms with Gasteiger partial charge in [-0.25, -0.2) is 9.98 Å².